The first-order chi connectivity index (χ1) is 41.2. The summed E-state index contributed by atoms with van der Waals surface area (Å²) in [5.74, 6) is -12.7. The van der Waals surface area contributed by atoms with Crippen molar-refractivity contribution in [3.8, 4) is 0 Å². The van der Waals surface area contributed by atoms with Crippen molar-refractivity contribution in [2.75, 3.05) is 0 Å². The standard InChI is InChI=1S/C7H12O3.C6H8O6.C6H10O4.C6H10O3.2C4H6O4.C4H6O3.2C4H4O3.C3H4O3.C3H6O2/c8-6-4-2-1-3-5-7(9)10;7-2-1-6(12,5(10)11)3-4(8)9;1-2-6(10,4-7)3-5(8)9;7-5-3-1-2-4-6(8)9;5-2-3(6)1-4(7)8;5-2-1-3(6)4(7)8;3*5-3-1-2-4(6)7;4-2-1-3(5)6;1-3(5)2-4/h6H,1-5H2,(H,9,10);2,12H,1,3H2,(H,8,9)(H,10,11);4,10H,2-3H2,1H3,(H,8,9);5H,1-4H2,(H,8,9);2*2-3,6H,1H2,(H,7,8);3H,1-2H2,(H,6,7);2*1-3H,(H,6,7);2H,1H2,(H,5,6);2-3,5H,1H3/b;;;;;;;2-1+;2-1-;;. The maximum atomic E-state index is 10.3. The average molecular weight is 1300 g/mol. The van der Waals surface area contributed by atoms with E-state index in [9.17, 15) is 105 Å². The summed E-state index contributed by atoms with van der Waals surface area (Å²) in [5.41, 5.74) is -4.15. The molecule has 0 aliphatic rings. The predicted molar refractivity (Wildman–Crippen MR) is 291 cm³/mol. The van der Waals surface area contributed by atoms with Crippen LogP contribution in [0.2, 0.25) is 0 Å². The van der Waals surface area contributed by atoms with Crippen LogP contribution < -0.4 is 0 Å². The SMILES string of the molecule is CC(O)C=O.CCC(O)(C=O)CC(=O)O.O=C/C=C/C(=O)O.O=C/C=C\C(=O)O.O=CC(O)CC(=O)O.O=CCC(=O)O.O=CCC(O)(CC(=O)O)C(=O)O.O=CCC(O)C(=O)O.O=CCCC(=O)O.O=CCCCCC(=O)O.O=CCCCCCC(=O)O. The van der Waals surface area contributed by atoms with Gasteiger partial charge in [-0.1, -0.05) is 13.3 Å². The highest BCUT2D eigenvalue weighted by Crippen LogP contribution is 2.14. The summed E-state index contributed by atoms with van der Waals surface area (Å²) in [5, 5.41) is 131. The molecule has 0 spiro atoms. The molecule has 0 rings (SSSR count). The van der Waals surface area contributed by atoms with Crippen molar-refractivity contribution in [2.45, 2.75) is 159 Å². The molecule has 38 nitrogen and oxygen atoms in total. The number of carbonyl (C=O) groups is 22. The molecule has 0 fully saturated rings. The number of aldehydes is 11. The average Bonchev–Trinajstić information content (AvgIpc) is 3.61. The van der Waals surface area contributed by atoms with Crippen molar-refractivity contribution < 1.29 is 187 Å². The molecular formula is C51H76O38. The highest BCUT2D eigenvalue weighted by atomic mass is 16.4. The highest BCUT2D eigenvalue weighted by Gasteiger charge is 2.38. The molecule has 5 atom stereocenters. The lowest BCUT2D eigenvalue weighted by molar-refractivity contribution is -0.166. The van der Waals surface area contributed by atoms with E-state index >= 15 is 0 Å². The molecule has 0 aromatic heterocycles. The van der Waals surface area contributed by atoms with Gasteiger partial charge in [-0.15, -0.1) is 0 Å². The molecule has 0 saturated heterocycles. The van der Waals surface area contributed by atoms with Crippen molar-refractivity contribution >= 4 is 135 Å². The van der Waals surface area contributed by atoms with Crippen molar-refractivity contribution in [3.05, 3.63) is 24.3 Å². The molecule has 0 aromatic rings. The fourth-order valence-corrected chi connectivity index (χ4v) is 3.24. The molecule has 0 aliphatic carbocycles. The smallest absolute Gasteiger partial charge is 0.336 e. The molecule has 508 valence electrons. The van der Waals surface area contributed by atoms with Gasteiger partial charge in [0, 0.05) is 57.1 Å². The first-order valence-corrected chi connectivity index (χ1v) is 24.4. The Morgan fingerprint density at radius 3 is 1.00 bits per heavy atom. The Labute approximate surface area is 504 Å². The molecule has 0 heterocycles. The van der Waals surface area contributed by atoms with Gasteiger partial charge in [-0.3, -0.25) is 43.2 Å². The topological polar surface area (TPSA) is 699 Å². The Morgan fingerprint density at radius 1 is 0.438 bits per heavy atom. The number of hydrogen-bond acceptors (Lipinski definition) is 27. The Morgan fingerprint density at radius 2 is 0.831 bits per heavy atom. The summed E-state index contributed by atoms with van der Waals surface area (Å²) in [6, 6.07) is 0. The molecule has 38 heteroatoms. The quantitative estimate of drug-likeness (QED) is 0.0136. The summed E-state index contributed by atoms with van der Waals surface area (Å²) in [4.78, 5) is 213. The van der Waals surface area contributed by atoms with E-state index in [2.05, 4.69) is 0 Å². The van der Waals surface area contributed by atoms with E-state index in [4.69, 9.17) is 81.7 Å². The molecule has 0 aliphatic heterocycles. The fraction of sp³-hybridized carbons (Fsp3) is 0.490. The number of rotatable bonds is 36. The molecule has 0 amide bonds. The summed E-state index contributed by atoms with van der Waals surface area (Å²) in [6.45, 7) is 2.96. The largest absolute Gasteiger partial charge is 0.481 e. The summed E-state index contributed by atoms with van der Waals surface area (Å²) in [7, 11) is 0. The molecule has 0 saturated carbocycles. The second-order valence-electron chi connectivity index (χ2n) is 15.4. The van der Waals surface area contributed by atoms with Crippen LogP contribution in [0.4, 0.5) is 0 Å². The third-order valence-corrected chi connectivity index (χ3v) is 7.44. The van der Waals surface area contributed by atoms with Crippen LogP contribution in [0.1, 0.15) is 129 Å². The Hall–Kier alpha value is -10.2. The number of aliphatic hydroxyl groups is 5. The Balaban J connectivity index is -0.0000000841. The fourth-order valence-electron chi connectivity index (χ4n) is 3.24. The van der Waals surface area contributed by atoms with Gasteiger partial charge in [-0.05, 0) is 51.2 Å². The third-order valence-electron chi connectivity index (χ3n) is 7.44. The first kappa shape index (κ1) is 104. The van der Waals surface area contributed by atoms with Gasteiger partial charge >= 0.3 is 65.7 Å². The van der Waals surface area contributed by atoms with Gasteiger partial charge in [0.25, 0.3) is 0 Å². The van der Waals surface area contributed by atoms with Crippen LogP contribution in [0, 0.1) is 0 Å². The first-order valence-electron chi connectivity index (χ1n) is 24.4. The molecule has 16 N–H and O–H groups in total. The number of aliphatic hydroxyl groups excluding tert-OH is 3. The van der Waals surface area contributed by atoms with Crippen molar-refractivity contribution in [1.29, 1.82) is 0 Å². The third kappa shape index (κ3) is 129. The van der Waals surface area contributed by atoms with Crippen LogP contribution >= 0.6 is 0 Å². The summed E-state index contributed by atoms with van der Waals surface area (Å²) >= 11 is 0. The minimum absolute atomic E-state index is 0.0521. The van der Waals surface area contributed by atoms with E-state index in [0.29, 0.717) is 69.8 Å². The van der Waals surface area contributed by atoms with E-state index in [-0.39, 0.29) is 63.8 Å². The maximum Gasteiger partial charge on any atom is 0.336 e. The van der Waals surface area contributed by atoms with E-state index in [1.807, 2.05) is 0 Å². The number of carboxylic acid groups (broad SMARTS) is 11. The van der Waals surface area contributed by atoms with E-state index in [0.717, 1.165) is 49.7 Å². The van der Waals surface area contributed by atoms with Gasteiger partial charge in [0.05, 0.1) is 25.7 Å². The zero-order chi connectivity index (χ0) is 72.4. The molecule has 5 unspecified atom stereocenters. The Kier molecular flexibility index (Phi) is 90.7. The van der Waals surface area contributed by atoms with Crippen LogP contribution in [-0.2, 0) is 105 Å². The second kappa shape index (κ2) is 77.8. The molecule has 0 bridgehead atoms. The minimum atomic E-state index is -2.48. The van der Waals surface area contributed by atoms with Crippen LogP contribution in [0.5, 0.6) is 0 Å². The van der Waals surface area contributed by atoms with Gasteiger partial charge in [0.2, 0.25) is 0 Å². The van der Waals surface area contributed by atoms with Gasteiger partial charge < -0.3 is 125 Å². The number of aliphatic carboxylic acids is 11. The van der Waals surface area contributed by atoms with Gasteiger partial charge in [0.1, 0.15) is 87.1 Å². The lowest BCUT2D eigenvalue weighted by Crippen LogP contribution is -2.41. The minimum Gasteiger partial charge on any atom is -0.481 e. The van der Waals surface area contributed by atoms with E-state index < -0.39 is 121 Å². The van der Waals surface area contributed by atoms with Crippen LogP contribution in [0.3, 0.4) is 0 Å². The van der Waals surface area contributed by atoms with Gasteiger partial charge in [0.15, 0.2) is 18.0 Å². The number of allylic oxidation sites excluding steroid dienone is 2. The van der Waals surface area contributed by atoms with E-state index in [1.165, 1.54) is 6.92 Å². The lowest BCUT2D eigenvalue weighted by atomic mass is 9.97. The zero-order valence-electron chi connectivity index (χ0n) is 47.8. The van der Waals surface area contributed by atoms with Crippen molar-refractivity contribution in [3.63, 3.8) is 0 Å². The lowest BCUT2D eigenvalue weighted by Gasteiger charge is -2.17. The molecular weight excluding hydrogens is 1220 g/mol. The summed E-state index contributed by atoms with van der Waals surface area (Å²) in [6.07, 6.45) is 6.37. The molecule has 0 radical (unpaired) electrons. The van der Waals surface area contributed by atoms with Gasteiger partial charge in [-0.25, -0.2) is 19.2 Å². The van der Waals surface area contributed by atoms with Gasteiger partial charge in [-0.2, -0.15) is 0 Å². The van der Waals surface area contributed by atoms with Crippen LogP contribution in [0.15, 0.2) is 24.3 Å². The maximum absolute atomic E-state index is 10.3. The number of hydrogen-bond donors (Lipinski definition) is 16. The molecule has 0 aromatic carbocycles. The summed E-state index contributed by atoms with van der Waals surface area (Å²) < 4.78 is 0. The normalized spacial score (nSPS) is 11.3. The second-order valence-corrected chi connectivity index (χ2v) is 15.4. The Bertz CT molecular complexity index is 2120. The van der Waals surface area contributed by atoms with Crippen molar-refractivity contribution in [1.82, 2.24) is 0 Å². The van der Waals surface area contributed by atoms with E-state index in [1.54, 1.807) is 6.92 Å². The number of carbonyl (C=O) groups excluding carboxylic acids is 11. The number of unbranched alkanes of at least 4 members (excludes halogenated alkanes) is 5. The van der Waals surface area contributed by atoms with Crippen molar-refractivity contribution in [2.24, 2.45) is 0 Å². The van der Waals surface area contributed by atoms with Crippen LogP contribution in [0.25, 0.3) is 0 Å². The van der Waals surface area contributed by atoms with Crippen LogP contribution in [-0.4, -0.2) is 246 Å². The monoisotopic (exact) mass is 1300 g/mol. The zero-order valence-corrected chi connectivity index (χ0v) is 47.8. The highest BCUT2D eigenvalue weighted by molar-refractivity contribution is 5.87. The molecule has 89 heavy (non-hydrogen) atoms. The number of carboxylic acids is 11. The predicted octanol–water partition coefficient (Wildman–Crippen LogP) is -2.31.